The van der Waals surface area contributed by atoms with Crippen molar-refractivity contribution in [2.24, 2.45) is 0 Å². The highest BCUT2D eigenvalue weighted by Crippen LogP contribution is 2.19. The first-order valence-corrected chi connectivity index (χ1v) is 9.26. The zero-order valence-corrected chi connectivity index (χ0v) is 14.3. The van der Waals surface area contributed by atoms with E-state index < -0.39 is 9.84 Å². The number of benzene rings is 1. The monoisotopic (exact) mass is 321 g/mol. The Bertz CT molecular complexity index is 710. The fraction of sp³-hybridized carbons (Fsp3) is 0.412. The summed E-state index contributed by atoms with van der Waals surface area (Å²) < 4.78 is 28.5. The van der Waals surface area contributed by atoms with E-state index in [2.05, 4.69) is 18.3 Å². The smallest absolute Gasteiger partial charge is 0.175 e. The van der Waals surface area contributed by atoms with E-state index in [0.717, 1.165) is 30.0 Å². The van der Waals surface area contributed by atoms with Crippen LogP contribution in [0.1, 0.15) is 35.6 Å². The molecule has 22 heavy (non-hydrogen) atoms. The van der Waals surface area contributed by atoms with Crippen LogP contribution < -0.4 is 5.32 Å². The van der Waals surface area contributed by atoms with E-state index in [-0.39, 0.29) is 6.04 Å². The summed E-state index contributed by atoms with van der Waals surface area (Å²) in [6, 6.07) is 9.27. The predicted molar refractivity (Wildman–Crippen MR) is 87.9 cm³/mol. The highest BCUT2D eigenvalue weighted by molar-refractivity contribution is 7.90. The van der Waals surface area contributed by atoms with Crippen molar-refractivity contribution in [2.75, 3.05) is 12.8 Å². The van der Waals surface area contributed by atoms with E-state index in [1.54, 1.807) is 12.1 Å². The second-order valence-electron chi connectivity index (χ2n) is 5.73. The van der Waals surface area contributed by atoms with Crippen molar-refractivity contribution in [3.8, 4) is 0 Å². The molecule has 0 saturated carbocycles. The molecular formula is C17H23NO3S. The summed E-state index contributed by atoms with van der Waals surface area (Å²) in [6.45, 7) is 6.88. The lowest BCUT2D eigenvalue weighted by Crippen LogP contribution is -2.21. The van der Waals surface area contributed by atoms with E-state index in [1.807, 2.05) is 26.0 Å². The second-order valence-corrected chi connectivity index (χ2v) is 7.75. The lowest BCUT2D eigenvalue weighted by Gasteiger charge is -2.11. The summed E-state index contributed by atoms with van der Waals surface area (Å²) >= 11 is 0. The van der Waals surface area contributed by atoms with E-state index in [4.69, 9.17) is 4.42 Å². The average Bonchev–Trinajstić information content (AvgIpc) is 2.78. The molecule has 2 rings (SSSR count). The summed E-state index contributed by atoms with van der Waals surface area (Å²) in [4.78, 5) is 0.360. The molecule has 0 aliphatic rings. The summed E-state index contributed by atoms with van der Waals surface area (Å²) in [6.07, 6.45) is 2.06. The molecular weight excluding hydrogens is 298 g/mol. The molecule has 1 unspecified atom stereocenters. The van der Waals surface area contributed by atoms with Crippen LogP contribution in [0.5, 0.6) is 0 Å². The lowest BCUT2D eigenvalue weighted by molar-refractivity contribution is 0.417. The number of sulfone groups is 1. The quantitative estimate of drug-likeness (QED) is 0.887. The first kappa shape index (κ1) is 16.8. The SMILES string of the molecule is Cc1cc(C(C)NCCc2ccc(S(C)(=O)=O)cc2)oc1C. The molecule has 120 valence electrons. The Morgan fingerprint density at radius 2 is 1.82 bits per heavy atom. The molecule has 0 radical (unpaired) electrons. The van der Waals surface area contributed by atoms with Gasteiger partial charge in [0.05, 0.1) is 10.9 Å². The lowest BCUT2D eigenvalue weighted by atomic mass is 10.1. The third-order valence-electron chi connectivity index (χ3n) is 3.83. The number of nitrogens with one attached hydrogen (secondary N) is 1. The maximum atomic E-state index is 11.4. The zero-order valence-electron chi connectivity index (χ0n) is 13.5. The summed E-state index contributed by atoms with van der Waals surface area (Å²) in [5, 5.41) is 3.42. The van der Waals surface area contributed by atoms with Gasteiger partial charge < -0.3 is 9.73 Å². The van der Waals surface area contributed by atoms with Gasteiger partial charge in [-0.3, -0.25) is 0 Å². The molecule has 1 aromatic carbocycles. The van der Waals surface area contributed by atoms with Crippen LogP contribution in [0.3, 0.4) is 0 Å². The third kappa shape index (κ3) is 4.21. The van der Waals surface area contributed by atoms with Gasteiger partial charge >= 0.3 is 0 Å². The summed E-state index contributed by atoms with van der Waals surface area (Å²) in [5.74, 6) is 1.91. The van der Waals surface area contributed by atoms with Crippen molar-refractivity contribution in [1.29, 1.82) is 0 Å². The van der Waals surface area contributed by atoms with E-state index >= 15 is 0 Å². The van der Waals surface area contributed by atoms with Gasteiger partial charge in [-0.15, -0.1) is 0 Å². The summed E-state index contributed by atoms with van der Waals surface area (Å²) in [5.41, 5.74) is 2.28. The molecule has 2 aromatic rings. The van der Waals surface area contributed by atoms with Crippen molar-refractivity contribution < 1.29 is 12.8 Å². The molecule has 1 heterocycles. The van der Waals surface area contributed by atoms with Crippen LogP contribution in [0.15, 0.2) is 39.6 Å². The van der Waals surface area contributed by atoms with Crippen LogP contribution in [-0.4, -0.2) is 21.2 Å². The van der Waals surface area contributed by atoms with Crippen LogP contribution in [0.2, 0.25) is 0 Å². The minimum absolute atomic E-state index is 0.155. The van der Waals surface area contributed by atoms with Crippen LogP contribution >= 0.6 is 0 Å². The van der Waals surface area contributed by atoms with Gasteiger partial charge in [0.1, 0.15) is 11.5 Å². The fourth-order valence-corrected chi connectivity index (χ4v) is 2.88. The molecule has 0 saturated heterocycles. The molecule has 0 spiro atoms. The highest BCUT2D eigenvalue weighted by Gasteiger charge is 2.11. The van der Waals surface area contributed by atoms with Gasteiger partial charge in [0.2, 0.25) is 0 Å². The third-order valence-corrected chi connectivity index (χ3v) is 4.96. The standard InChI is InChI=1S/C17H23NO3S/c1-12-11-17(21-14(12)3)13(2)18-10-9-15-5-7-16(8-6-15)22(4,19)20/h5-8,11,13,18H,9-10H2,1-4H3. The molecule has 0 aliphatic heterocycles. The van der Waals surface area contributed by atoms with Gasteiger partial charge in [0.25, 0.3) is 0 Å². The van der Waals surface area contributed by atoms with Gasteiger partial charge in [-0.25, -0.2) is 8.42 Å². The molecule has 1 aromatic heterocycles. The van der Waals surface area contributed by atoms with Crippen LogP contribution in [0, 0.1) is 13.8 Å². The molecule has 0 aliphatic carbocycles. The number of hydrogen-bond donors (Lipinski definition) is 1. The Kier molecular flexibility index (Phi) is 5.08. The molecule has 1 N–H and O–H groups in total. The Morgan fingerprint density at radius 1 is 1.18 bits per heavy atom. The molecule has 5 heteroatoms. The van der Waals surface area contributed by atoms with Gasteiger partial charge in [-0.1, -0.05) is 12.1 Å². The van der Waals surface area contributed by atoms with Gasteiger partial charge in [-0.2, -0.15) is 0 Å². The van der Waals surface area contributed by atoms with Crippen LogP contribution in [0.4, 0.5) is 0 Å². The van der Waals surface area contributed by atoms with Crippen molar-refractivity contribution >= 4 is 9.84 Å². The average molecular weight is 321 g/mol. The van der Waals surface area contributed by atoms with Gasteiger partial charge in [-0.05, 0) is 63.1 Å². The molecule has 1 atom stereocenters. The number of furan rings is 1. The molecule has 0 fully saturated rings. The number of hydrogen-bond acceptors (Lipinski definition) is 4. The largest absolute Gasteiger partial charge is 0.464 e. The van der Waals surface area contributed by atoms with Crippen molar-refractivity contribution in [1.82, 2.24) is 5.32 Å². The predicted octanol–water partition coefficient (Wildman–Crippen LogP) is 3.19. The topological polar surface area (TPSA) is 59.3 Å². The Labute approximate surface area is 132 Å². The normalized spacial score (nSPS) is 13.3. The zero-order chi connectivity index (χ0) is 16.3. The van der Waals surface area contributed by atoms with E-state index in [1.165, 1.54) is 11.8 Å². The number of aryl methyl sites for hydroxylation is 2. The number of rotatable bonds is 6. The molecule has 0 bridgehead atoms. The van der Waals surface area contributed by atoms with Gasteiger partial charge in [0, 0.05) is 6.26 Å². The maximum absolute atomic E-state index is 11.4. The van der Waals surface area contributed by atoms with Crippen molar-refractivity contribution in [2.45, 2.75) is 38.1 Å². The Morgan fingerprint density at radius 3 is 2.32 bits per heavy atom. The summed E-state index contributed by atoms with van der Waals surface area (Å²) in [7, 11) is -3.12. The van der Waals surface area contributed by atoms with E-state index in [9.17, 15) is 8.42 Å². The first-order valence-electron chi connectivity index (χ1n) is 7.36. The van der Waals surface area contributed by atoms with Crippen molar-refractivity contribution in [3.05, 3.63) is 53.0 Å². The maximum Gasteiger partial charge on any atom is 0.175 e. The van der Waals surface area contributed by atoms with Crippen LogP contribution in [0.25, 0.3) is 0 Å². The van der Waals surface area contributed by atoms with Gasteiger partial charge in [0.15, 0.2) is 9.84 Å². The first-order chi connectivity index (χ1) is 10.3. The molecule has 0 amide bonds. The van der Waals surface area contributed by atoms with E-state index in [0.29, 0.717) is 4.90 Å². The fourth-order valence-electron chi connectivity index (χ4n) is 2.25. The minimum atomic E-state index is -3.12. The molecule has 4 nitrogen and oxygen atoms in total. The Balaban J connectivity index is 1.88. The minimum Gasteiger partial charge on any atom is -0.464 e. The Hall–Kier alpha value is -1.59. The van der Waals surface area contributed by atoms with Crippen LogP contribution in [-0.2, 0) is 16.3 Å². The second kappa shape index (κ2) is 6.67. The van der Waals surface area contributed by atoms with Crippen molar-refractivity contribution in [3.63, 3.8) is 0 Å². The highest BCUT2D eigenvalue weighted by atomic mass is 32.2.